The first-order chi connectivity index (χ1) is 21.9. The van der Waals surface area contributed by atoms with Crippen LogP contribution in [0, 0.1) is 6.92 Å². The van der Waals surface area contributed by atoms with Gasteiger partial charge in [-0.3, -0.25) is 4.79 Å². The number of carbonyl (C=O) groups excluding carboxylic acids is 2. The molecule has 1 amide bonds. The Balaban J connectivity index is 1.38. The monoisotopic (exact) mass is 648 g/mol. The molecule has 2 heterocycles. The molecule has 1 saturated heterocycles. The lowest BCUT2D eigenvalue weighted by Crippen LogP contribution is -2.41. The zero-order valence-corrected chi connectivity index (χ0v) is 29.4. The Morgan fingerprint density at radius 3 is 2.23 bits per heavy atom. The summed E-state index contributed by atoms with van der Waals surface area (Å²) in [5.41, 5.74) is 2.98. The maximum absolute atomic E-state index is 12.3. The van der Waals surface area contributed by atoms with Crippen molar-refractivity contribution in [3.8, 4) is 17.2 Å². The minimum absolute atomic E-state index is 0.218. The first-order valence-electron chi connectivity index (χ1n) is 16.3. The van der Waals surface area contributed by atoms with Gasteiger partial charge in [0.05, 0.1) is 29.6 Å². The highest BCUT2D eigenvalue weighted by Gasteiger charge is 2.51. The summed E-state index contributed by atoms with van der Waals surface area (Å²) in [5, 5.41) is 2.79. The molecule has 1 N–H and O–H groups in total. The number of carbonyl (C=O) groups is 2. The summed E-state index contributed by atoms with van der Waals surface area (Å²) >= 11 is 0. The van der Waals surface area contributed by atoms with E-state index in [2.05, 4.69) is 5.32 Å². The lowest BCUT2D eigenvalue weighted by molar-refractivity contribution is -0.154. The maximum atomic E-state index is 12.3. The number of hydrogen-bond donors (Lipinski definition) is 1. The third-order valence-corrected chi connectivity index (χ3v) is 8.15. The van der Waals surface area contributed by atoms with E-state index in [0.717, 1.165) is 33.6 Å². The second-order valence-corrected chi connectivity index (χ2v) is 14.2. The van der Waals surface area contributed by atoms with E-state index in [1.807, 2.05) is 97.9 Å². The number of benzene rings is 2. The maximum Gasteiger partial charge on any atom is 0.494 e. The average molecular weight is 649 g/mol. The molecule has 2 aromatic carbocycles. The molecule has 0 radical (unpaired) electrons. The number of nitrogens with zero attached hydrogens (tertiary/aromatic N) is 1. The Morgan fingerprint density at radius 1 is 0.957 bits per heavy atom. The Kier molecular flexibility index (Phi) is 11.1. The van der Waals surface area contributed by atoms with Crippen molar-refractivity contribution in [1.82, 2.24) is 10.3 Å². The van der Waals surface area contributed by atoms with Gasteiger partial charge in [0.15, 0.2) is 0 Å². The molecule has 0 bridgehead atoms. The van der Waals surface area contributed by atoms with Gasteiger partial charge < -0.3 is 33.3 Å². The first-order valence-corrected chi connectivity index (χ1v) is 16.3. The fourth-order valence-corrected chi connectivity index (χ4v) is 4.96. The van der Waals surface area contributed by atoms with Crippen LogP contribution in [0.5, 0.6) is 5.75 Å². The fraction of sp³-hybridized carbons (Fsp3) is 0.528. The van der Waals surface area contributed by atoms with Crippen LogP contribution >= 0.6 is 0 Å². The van der Waals surface area contributed by atoms with Gasteiger partial charge in [-0.2, -0.15) is 0 Å². The highest BCUT2D eigenvalue weighted by atomic mass is 16.7. The van der Waals surface area contributed by atoms with Gasteiger partial charge in [0.2, 0.25) is 5.89 Å². The second-order valence-electron chi connectivity index (χ2n) is 14.2. The zero-order valence-electron chi connectivity index (χ0n) is 29.4. The van der Waals surface area contributed by atoms with Crippen LogP contribution < -0.4 is 15.5 Å². The molecule has 10 nitrogen and oxygen atoms in total. The Labute approximate surface area is 279 Å². The molecule has 1 fully saturated rings. The van der Waals surface area contributed by atoms with Gasteiger partial charge >= 0.3 is 19.2 Å². The van der Waals surface area contributed by atoms with Gasteiger partial charge in [-0.25, -0.2) is 9.78 Å². The van der Waals surface area contributed by atoms with Crippen molar-refractivity contribution < 1.29 is 37.5 Å². The Hall–Kier alpha value is -3.83. The normalized spacial score (nSPS) is 15.5. The molecule has 3 aromatic rings. The molecule has 0 saturated carbocycles. The number of nitrogens with one attached hydrogen (secondary N) is 1. The summed E-state index contributed by atoms with van der Waals surface area (Å²) in [6, 6.07) is 13.5. The molecule has 0 spiro atoms. The Bertz CT molecular complexity index is 1520. The largest absolute Gasteiger partial charge is 0.494 e. The lowest BCUT2D eigenvalue weighted by atomic mass is 9.79. The number of esters is 1. The van der Waals surface area contributed by atoms with Crippen LogP contribution in [0.4, 0.5) is 4.79 Å². The zero-order chi connectivity index (χ0) is 34.6. The van der Waals surface area contributed by atoms with Crippen LogP contribution in [0.3, 0.4) is 0 Å². The smallest absolute Gasteiger partial charge is 0.493 e. The number of aryl methyl sites for hydroxylation is 2. The minimum Gasteiger partial charge on any atom is -0.493 e. The van der Waals surface area contributed by atoms with Crippen molar-refractivity contribution in [2.75, 3.05) is 6.61 Å². The first kappa shape index (κ1) is 36.0. The van der Waals surface area contributed by atoms with E-state index >= 15 is 0 Å². The molecule has 254 valence electrons. The van der Waals surface area contributed by atoms with E-state index in [1.165, 1.54) is 0 Å². The van der Waals surface area contributed by atoms with E-state index < -0.39 is 30.0 Å². The van der Waals surface area contributed by atoms with Gasteiger partial charge in [0.25, 0.3) is 0 Å². The van der Waals surface area contributed by atoms with E-state index in [-0.39, 0.29) is 25.0 Å². The summed E-state index contributed by atoms with van der Waals surface area (Å²) < 4.78 is 35.1. The van der Waals surface area contributed by atoms with Crippen molar-refractivity contribution in [2.45, 2.75) is 118 Å². The summed E-state index contributed by atoms with van der Waals surface area (Å²) in [6.45, 7) is 19.7. The van der Waals surface area contributed by atoms with Crippen LogP contribution in [0.1, 0.15) is 91.3 Å². The predicted molar refractivity (Wildman–Crippen MR) is 181 cm³/mol. The topological polar surface area (TPSA) is 118 Å². The molecule has 0 unspecified atom stereocenters. The molecule has 4 rings (SSSR count). The van der Waals surface area contributed by atoms with Crippen molar-refractivity contribution in [1.29, 1.82) is 0 Å². The number of rotatable bonds is 12. The second kappa shape index (κ2) is 14.5. The number of amides is 1. The Morgan fingerprint density at radius 2 is 1.62 bits per heavy atom. The molecular weight excluding hydrogens is 599 g/mol. The standard InChI is InChI=1S/C36H49BN2O8/c1-23(2)43-33(41)38-22-27-21-29(17-13-25(27)14-18-31(40)45-34(4,5)6)42-20-19-30-24(3)44-32(39-30)26-11-15-28(16-12-26)37-46-35(7,8)36(9,10)47-37/h11-13,15-17,21,23H,14,18-20,22H2,1-10H3,(H,38,41). The van der Waals surface area contributed by atoms with Crippen molar-refractivity contribution in [2.24, 2.45) is 0 Å². The molecule has 1 aromatic heterocycles. The van der Waals surface area contributed by atoms with E-state index in [1.54, 1.807) is 13.8 Å². The van der Waals surface area contributed by atoms with Gasteiger partial charge in [-0.05, 0) is 117 Å². The number of oxazole rings is 1. The minimum atomic E-state index is -0.553. The number of alkyl carbamates (subject to hydrolysis) is 1. The van der Waals surface area contributed by atoms with E-state index in [0.29, 0.717) is 31.1 Å². The van der Waals surface area contributed by atoms with Crippen LogP contribution in [-0.4, -0.2) is 53.7 Å². The molecule has 11 heteroatoms. The molecule has 1 aliphatic heterocycles. The van der Waals surface area contributed by atoms with Crippen LogP contribution in [0.25, 0.3) is 11.5 Å². The van der Waals surface area contributed by atoms with Gasteiger partial charge in [0, 0.05) is 24.9 Å². The van der Waals surface area contributed by atoms with Crippen LogP contribution in [-0.2, 0) is 43.0 Å². The predicted octanol–water partition coefficient (Wildman–Crippen LogP) is 6.48. The van der Waals surface area contributed by atoms with Crippen LogP contribution in [0.2, 0.25) is 0 Å². The summed E-state index contributed by atoms with van der Waals surface area (Å²) in [6.07, 6.45) is 0.470. The molecule has 0 aliphatic carbocycles. The summed E-state index contributed by atoms with van der Waals surface area (Å²) in [7, 11) is -0.433. The van der Waals surface area contributed by atoms with Crippen molar-refractivity contribution in [3.05, 3.63) is 65.0 Å². The lowest BCUT2D eigenvalue weighted by Gasteiger charge is -2.32. The van der Waals surface area contributed by atoms with E-state index in [4.69, 9.17) is 32.9 Å². The summed E-state index contributed by atoms with van der Waals surface area (Å²) in [4.78, 5) is 29.3. The van der Waals surface area contributed by atoms with Gasteiger partial charge in [-0.15, -0.1) is 0 Å². The molecule has 0 atom stereocenters. The van der Waals surface area contributed by atoms with Gasteiger partial charge in [-0.1, -0.05) is 18.2 Å². The third-order valence-electron chi connectivity index (χ3n) is 8.15. The van der Waals surface area contributed by atoms with Crippen molar-refractivity contribution in [3.63, 3.8) is 0 Å². The highest BCUT2D eigenvalue weighted by Crippen LogP contribution is 2.36. The molecule has 47 heavy (non-hydrogen) atoms. The summed E-state index contributed by atoms with van der Waals surface area (Å²) in [5.74, 6) is 1.62. The average Bonchev–Trinajstić information content (AvgIpc) is 3.44. The highest BCUT2D eigenvalue weighted by molar-refractivity contribution is 6.62. The number of ether oxygens (including phenoxy) is 3. The van der Waals surface area contributed by atoms with Gasteiger partial charge in [0.1, 0.15) is 17.1 Å². The SMILES string of the molecule is Cc1oc(-c2ccc(B3OC(C)(C)C(C)(C)O3)cc2)nc1CCOc1ccc(CCC(=O)OC(C)(C)C)c(CNC(=O)OC(C)C)c1. The molecule has 1 aliphatic rings. The van der Waals surface area contributed by atoms with E-state index in [9.17, 15) is 9.59 Å². The number of aromatic nitrogens is 1. The number of hydrogen-bond acceptors (Lipinski definition) is 9. The third kappa shape index (κ3) is 9.84. The quantitative estimate of drug-likeness (QED) is 0.174. The van der Waals surface area contributed by atoms with Crippen molar-refractivity contribution >= 4 is 24.6 Å². The fourth-order valence-electron chi connectivity index (χ4n) is 4.96. The molecular formula is C36H49BN2O8. The van der Waals surface area contributed by atoms with Crippen LogP contribution in [0.15, 0.2) is 46.9 Å².